The number of benzene rings is 1. The van der Waals surface area contributed by atoms with Crippen molar-refractivity contribution in [2.75, 3.05) is 0 Å². The zero-order valence-corrected chi connectivity index (χ0v) is 12.1. The molecule has 1 heteroatoms. The maximum Gasteiger partial charge on any atom is 0.143 e. The smallest absolute Gasteiger partial charge is 0.143 e. The molecule has 3 rings (SSSR count). The van der Waals surface area contributed by atoms with E-state index in [9.17, 15) is 4.79 Å². The van der Waals surface area contributed by atoms with Gasteiger partial charge in [-0.3, -0.25) is 4.79 Å². The number of carbonyl (C=O) groups excluding carboxylic acids is 1. The summed E-state index contributed by atoms with van der Waals surface area (Å²) in [7, 11) is 0. The van der Waals surface area contributed by atoms with Crippen LogP contribution in [0.4, 0.5) is 0 Å². The molecule has 0 aromatic heterocycles. The minimum Gasteiger partial charge on any atom is -0.299 e. The van der Waals surface area contributed by atoms with Gasteiger partial charge in [-0.1, -0.05) is 36.8 Å². The lowest BCUT2D eigenvalue weighted by Gasteiger charge is -2.28. The third-order valence-electron chi connectivity index (χ3n) is 5.52. The van der Waals surface area contributed by atoms with E-state index in [0.717, 1.165) is 23.8 Å². The van der Waals surface area contributed by atoms with Crippen LogP contribution in [0.25, 0.3) is 0 Å². The molecule has 2 saturated carbocycles. The number of fused-ring (bicyclic) bond motifs is 2. The Labute approximate surface area is 116 Å². The van der Waals surface area contributed by atoms with Gasteiger partial charge in [0.05, 0.1) is 0 Å². The fourth-order valence-electron chi connectivity index (χ4n) is 4.14. The number of hydrogen-bond donors (Lipinski definition) is 0. The summed E-state index contributed by atoms with van der Waals surface area (Å²) in [6.45, 7) is 4.16. The zero-order chi connectivity index (χ0) is 13.5. The fraction of sp³-hybridized carbons (Fsp3) is 0.611. The summed E-state index contributed by atoms with van der Waals surface area (Å²) < 4.78 is 0. The minimum absolute atomic E-state index is 0.330. The van der Waals surface area contributed by atoms with Crippen LogP contribution in [0.1, 0.15) is 51.5 Å². The highest BCUT2D eigenvalue weighted by Gasteiger charge is 2.42. The molecule has 0 heterocycles. The molecule has 0 spiro atoms. The predicted molar refractivity (Wildman–Crippen MR) is 78.0 cm³/mol. The molecule has 2 bridgehead atoms. The average molecular weight is 256 g/mol. The summed E-state index contributed by atoms with van der Waals surface area (Å²) in [6.07, 6.45) is 6.28. The maximum absolute atomic E-state index is 12.7. The van der Waals surface area contributed by atoms with Gasteiger partial charge < -0.3 is 0 Å². The highest BCUT2D eigenvalue weighted by molar-refractivity contribution is 5.89. The third kappa shape index (κ3) is 2.35. The second-order valence-electron chi connectivity index (χ2n) is 7.05. The van der Waals surface area contributed by atoms with E-state index in [4.69, 9.17) is 0 Å². The molecule has 3 atom stereocenters. The lowest BCUT2D eigenvalue weighted by Crippen LogP contribution is -2.31. The number of Topliss-reactive ketones (excluding diaryl/α,β-unsaturated/α-hetero) is 1. The first-order valence-electron chi connectivity index (χ1n) is 7.66. The monoisotopic (exact) mass is 256 g/mol. The molecule has 0 N–H and O–H groups in total. The molecule has 1 aromatic carbocycles. The molecular formula is C18H24O. The largest absolute Gasteiger partial charge is 0.299 e. The van der Waals surface area contributed by atoms with E-state index in [1.54, 1.807) is 0 Å². The Morgan fingerprint density at radius 3 is 2.47 bits per heavy atom. The van der Waals surface area contributed by atoms with Gasteiger partial charge in [0, 0.05) is 11.8 Å². The molecular weight excluding hydrogens is 232 g/mol. The van der Waals surface area contributed by atoms with Gasteiger partial charge in [0.25, 0.3) is 0 Å². The highest BCUT2D eigenvalue weighted by atomic mass is 16.1. The Bertz CT molecular complexity index is 460. The number of carbonyl (C=O) groups is 1. The van der Waals surface area contributed by atoms with Gasteiger partial charge in [-0.05, 0) is 56.4 Å². The molecule has 3 unspecified atom stereocenters. The Balaban J connectivity index is 1.70. The van der Waals surface area contributed by atoms with Crippen LogP contribution in [0.3, 0.4) is 0 Å². The number of hydrogen-bond acceptors (Lipinski definition) is 1. The predicted octanol–water partition coefficient (Wildman–Crippen LogP) is 4.36. The van der Waals surface area contributed by atoms with Crippen LogP contribution < -0.4 is 0 Å². The maximum atomic E-state index is 12.7. The van der Waals surface area contributed by atoms with Gasteiger partial charge in [-0.15, -0.1) is 0 Å². The standard InChI is InChI=1S/C18H24O/c1-18(2,16-6-4-3-5-7-16)17(19)12-15-11-13-8-9-14(15)10-13/h3-7,13-15H,8-12H2,1-2H3. The van der Waals surface area contributed by atoms with E-state index >= 15 is 0 Å². The van der Waals surface area contributed by atoms with Gasteiger partial charge in [0.15, 0.2) is 0 Å². The summed E-state index contributed by atoms with van der Waals surface area (Å²) in [5.74, 6) is 2.88. The third-order valence-corrected chi connectivity index (χ3v) is 5.52. The SMILES string of the molecule is CC(C)(C(=O)CC1CC2CCC1C2)c1ccccc1. The molecule has 102 valence electrons. The molecule has 2 aliphatic carbocycles. The summed E-state index contributed by atoms with van der Waals surface area (Å²) in [6, 6.07) is 10.2. The van der Waals surface area contributed by atoms with Gasteiger partial charge in [-0.25, -0.2) is 0 Å². The van der Waals surface area contributed by atoms with Crippen molar-refractivity contribution in [1.29, 1.82) is 0 Å². The van der Waals surface area contributed by atoms with Crippen molar-refractivity contribution in [2.24, 2.45) is 17.8 Å². The van der Waals surface area contributed by atoms with Crippen molar-refractivity contribution in [3.8, 4) is 0 Å². The van der Waals surface area contributed by atoms with Crippen molar-refractivity contribution >= 4 is 5.78 Å². The highest BCUT2D eigenvalue weighted by Crippen LogP contribution is 2.50. The van der Waals surface area contributed by atoms with E-state index in [1.807, 2.05) is 18.2 Å². The molecule has 1 nitrogen and oxygen atoms in total. The Morgan fingerprint density at radius 1 is 1.16 bits per heavy atom. The molecule has 2 fully saturated rings. The van der Waals surface area contributed by atoms with E-state index in [1.165, 1.54) is 25.7 Å². The summed E-state index contributed by atoms with van der Waals surface area (Å²) in [5.41, 5.74) is 0.825. The first-order chi connectivity index (χ1) is 9.07. The topological polar surface area (TPSA) is 17.1 Å². The van der Waals surface area contributed by atoms with E-state index < -0.39 is 0 Å². The molecule has 0 amide bonds. The molecule has 2 aliphatic rings. The number of ketones is 1. The normalized spacial score (nSPS) is 29.7. The van der Waals surface area contributed by atoms with Crippen LogP contribution >= 0.6 is 0 Å². The van der Waals surface area contributed by atoms with E-state index in [0.29, 0.717) is 11.7 Å². The Kier molecular flexibility index (Phi) is 3.24. The van der Waals surface area contributed by atoms with Gasteiger partial charge >= 0.3 is 0 Å². The van der Waals surface area contributed by atoms with Crippen LogP contribution in [0.5, 0.6) is 0 Å². The van der Waals surface area contributed by atoms with Gasteiger partial charge in [0.2, 0.25) is 0 Å². The van der Waals surface area contributed by atoms with Crippen molar-refractivity contribution in [2.45, 2.75) is 51.4 Å². The van der Waals surface area contributed by atoms with Crippen molar-refractivity contribution < 1.29 is 4.79 Å². The average Bonchev–Trinajstić information content (AvgIpc) is 3.02. The van der Waals surface area contributed by atoms with E-state index in [2.05, 4.69) is 26.0 Å². The summed E-state index contributed by atoms with van der Waals surface area (Å²) in [4.78, 5) is 12.7. The summed E-state index contributed by atoms with van der Waals surface area (Å²) >= 11 is 0. The molecule has 0 saturated heterocycles. The fourth-order valence-corrected chi connectivity index (χ4v) is 4.14. The molecule has 0 aliphatic heterocycles. The van der Waals surface area contributed by atoms with E-state index in [-0.39, 0.29) is 5.41 Å². The number of rotatable bonds is 4. The van der Waals surface area contributed by atoms with Gasteiger partial charge in [-0.2, -0.15) is 0 Å². The van der Waals surface area contributed by atoms with Crippen LogP contribution in [0.2, 0.25) is 0 Å². The second-order valence-corrected chi connectivity index (χ2v) is 7.05. The van der Waals surface area contributed by atoms with Crippen molar-refractivity contribution in [3.63, 3.8) is 0 Å². The minimum atomic E-state index is -0.330. The summed E-state index contributed by atoms with van der Waals surface area (Å²) in [5, 5.41) is 0. The molecule has 19 heavy (non-hydrogen) atoms. The lowest BCUT2D eigenvalue weighted by molar-refractivity contribution is -0.124. The van der Waals surface area contributed by atoms with Crippen molar-refractivity contribution in [3.05, 3.63) is 35.9 Å². The van der Waals surface area contributed by atoms with Gasteiger partial charge in [0.1, 0.15) is 5.78 Å². The first kappa shape index (κ1) is 12.9. The molecule has 1 aromatic rings. The Hall–Kier alpha value is -1.11. The van der Waals surface area contributed by atoms with Crippen LogP contribution in [-0.2, 0) is 10.2 Å². The molecule has 0 radical (unpaired) electrons. The Morgan fingerprint density at radius 2 is 1.89 bits per heavy atom. The first-order valence-corrected chi connectivity index (χ1v) is 7.66. The lowest BCUT2D eigenvalue weighted by atomic mass is 9.75. The van der Waals surface area contributed by atoms with Crippen LogP contribution in [0.15, 0.2) is 30.3 Å². The quantitative estimate of drug-likeness (QED) is 0.782. The van der Waals surface area contributed by atoms with Crippen LogP contribution in [-0.4, -0.2) is 5.78 Å². The zero-order valence-electron chi connectivity index (χ0n) is 12.1. The van der Waals surface area contributed by atoms with Crippen LogP contribution in [0, 0.1) is 17.8 Å². The second kappa shape index (κ2) is 4.77. The van der Waals surface area contributed by atoms with Crippen molar-refractivity contribution in [1.82, 2.24) is 0 Å².